The molecule has 31 heavy (non-hydrogen) atoms. The van der Waals surface area contributed by atoms with Gasteiger partial charge in [0.05, 0.1) is 32.4 Å². The number of hydrogen-bond acceptors (Lipinski definition) is 7. The Kier molecular flexibility index (Phi) is 5.25. The average molecular weight is 438 g/mol. The number of rotatable bonds is 6. The molecule has 1 aliphatic rings. The number of nitrogens with zero attached hydrogens (tertiary/aromatic N) is 2. The number of aromatic nitrogens is 2. The van der Waals surface area contributed by atoms with Crippen molar-refractivity contribution < 1.29 is 13.9 Å². The van der Waals surface area contributed by atoms with Gasteiger partial charge in [-0.15, -0.1) is 11.3 Å². The van der Waals surface area contributed by atoms with Crippen LogP contribution >= 0.6 is 11.3 Å². The zero-order valence-electron chi connectivity index (χ0n) is 17.4. The van der Waals surface area contributed by atoms with Gasteiger partial charge in [-0.05, 0) is 37.6 Å². The standard InChI is InChI=1S/C23H23N3O4S/c1-28-14-7-8-15(19(11-14)29-2)17-5-3-9-26(17)12-20-24-22(27)21-16(13-31-23(21)25-20)18-6-4-10-30-18/h4,6-8,10-11,13,17H,3,5,9,12H2,1-2H3,(H,24,25,27)/t17-/m1/s1. The number of thiophene rings is 1. The van der Waals surface area contributed by atoms with Crippen molar-refractivity contribution in [1.82, 2.24) is 14.9 Å². The van der Waals surface area contributed by atoms with Crippen LogP contribution in [0.15, 0.2) is 51.2 Å². The van der Waals surface area contributed by atoms with Crippen LogP contribution in [-0.2, 0) is 6.54 Å². The average Bonchev–Trinajstić information content (AvgIpc) is 3.54. The molecule has 0 amide bonds. The van der Waals surface area contributed by atoms with Crippen LogP contribution in [0.2, 0.25) is 0 Å². The molecule has 7 nitrogen and oxygen atoms in total. The van der Waals surface area contributed by atoms with Crippen LogP contribution in [0.4, 0.5) is 0 Å². The molecule has 0 unspecified atom stereocenters. The first kappa shape index (κ1) is 19.8. The Morgan fingerprint density at radius 1 is 1.29 bits per heavy atom. The number of aromatic amines is 1. The molecule has 8 heteroatoms. The van der Waals surface area contributed by atoms with Gasteiger partial charge in [0.15, 0.2) is 0 Å². The van der Waals surface area contributed by atoms with Gasteiger partial charge in [-0.25, -0.2) is 4.98 Å². The highest BCUT2D eigenvalue weighted by atomic mass is 32.1. The fraction of sp³-hybridized carbons (Fsp3) is 0.304. The van der Waals surface area contributed by atoms with E-state index in [1.807, 2.05) is 29.6 Å². The lowest BCUT2D eigenvalue weighted by Gasteiger charge is -2.26. The largest absolute Gasteiger partial charge is 0.497 e. The van der Waals surface area contributed by atoms with Crippen LogP contribution < -0.4 is 15.0 Å². The summed E-state index contributed by atoms with van der Waals surface area (Å²) in [6.07, 6.45) is 3.71. The zero-order valence-corrected chi connectivity index (χ0v) is 18.2. The molecule has 4 aromatic rings. The van der Waals surface area contributed by atoms with Crippen molar-refractivity contribution in [2.75, 3.05) is 20.8 Å². The lowest BCUT2D eigenvalue weighted by molar-refractivity contribution is 0.237. The summed E-state index contributed by atoms with van der Waals surface area (Å²) in [4.78, 5) is 23.7. The van der Waals surface area contributed by atoms with E-state index in [1.54, 1.807) is 20.5 Å². The molecule has 0 radical (unpaired) electrons. The number of benzene rings is 1. The number of ether oxygens (including phenoxy) is 2. The molecule has 0 bridgehead atoms. The summed E-state index contributed by atoms with van der Waals surface area (Å²) in [7, 11) is 3.33. The van der Waals surface area contributed by atoms with Gasteiger partial charge >= 0.3 is 0 Å². The predicted molar refractivity (Wildman–Crippen MR) is 120 cm³/mol. The molecule has 1 aromatic carbocycles. The van der Waals surface area contributed by atoms with Gasteiger partial charge < -0.3 is 18.9 Å². The smallest absolute Gasteiger partial charge is 0.260 e. The molecule has 0 spiro atoms. The van der Waals surface area contributed by atoms with Crippen LogP contribution in [0.1, 0.15) is 30.3 Å². The number of nitrogens with one attached hydrogen (secondary N) is 1. The Bertz CT molecular complexity index is 1260. The molecule has 3 aromatic heterocycles. The summed E-state index contributed by atoms with van der Waals surface area (Å²) in [6.45, 7) is 1.50. The van der Waals surface area contributed by atoms with Gasteiger partial charge in [0.1, 0.15) is 27.9 Å². The molecule has 0 saturated carbocycles. The van der Waals surface area contributed by atoms with Crippen molar-refractivity contribution in [3.05, 3.63) is 63.7 Å². The summed E-state index contributed by atoms with van der Waals surface area (Å²) >= 11 is 1.46. The second kappa shape index (κ2) is 8.20. The number of fused-ring (bicyclic) bond motifs is 1. The van der Waals surface area contributed by atoms with E-state index in [1.165, 1.54) is 11.3 Å². The lowest BCUT2D eigenvalue weighted by atomic mass is 10.0. The Balaban J connectivity index is 1.45. The molecule has 160 valence electrons. The number of likely N-dealkylation sites (tertiary alicyclic amines) is 1. The first-order chi connectivity index (χ1) is 15.2. The number of hydrogen-bond donors (Lipinski definition) is 1. The van der Waals surface area contributed by atoms with E-state index in [2.05, 4.69) is 16.0 Å². The summed E-state index contributed by atoms with van der Waals surface area (Å²) in [6, 6.07) is 9.81. The molecule has 0 aliphatic carbocycles. The highest BCUT2D eigenvalue weighted by Gasteiger charge is 2.29. The van der Waals surface area contributed by atoms with Gasteiger partial charge in [-0.1, -0.05) is 6.07 Å². The molecule has 1 atom stereocenters. The quantitative estimate of drug-likeness (QED) is 0.475. The number of H-pyrrole nitrogens is 1. The maximum atomic E-state index is 12.9. The highest BCUT2D eigenvalue weighted by Crippen LogP contribution is 2.39. The van der Waals surface area contributed by atoms with E-state index in [0.717, 1.165) is 46.8 Å². The molecule has 1 aliphatic heterocycles. The molecule has 1 N–H and O–H groups in total. The molecular weight excluding hydrogens is 414 g/mol. The second-order valence-electron chi connectivity index (χ2n) is 7.56. The Labute approximate surface area is 183 Å². The van der Waals surface area contributed by atoms with Gasteiger partial charge in [0, 0.05) is 28.6 Å². The van der Waals surface area contributed by atoms with E-state index in [9.17, 15) is 4.79 Å². The second-order valence-corrected chi connectivity index (χ2v) is 8.41. The van der Waals surface area contributed by atoms with Gasteiger partial charge in [-0.3, -0.25) is 9.69 Å². The Hall–Kier alpha value is -3.10. The van der Waals surface area contributed by atoms with Crippen LogP contribution in [0, 0.1) is 0 Å². The number of furan rings is 1. The summed E-state index contributed by atoms with van der Waals surface area (Å²) in [5.74, 6) is 2.93. The maximum Gasteiger partial charge on any atom is 0.260 e. The molecule has 1 fully saturated rings. The van der Waals surface area contributed by atoms with Gasteiger partial charge in [0.25, 0.3) is 5.56 Å². The minimum absolute atomic E-state index is 0.134. The van der Waals surface area contributed by atoms with Crippen molar-refractivity contribution in [2.45, 2.75) is 25.4 Å². The lowest BCUT2D eigenvalue weighted by Crippen LogP contribution is -2.26. The van der Waals surface area contributed by atoms with Crippen molar-refractivity contribution in [3.63, 3.8) is 0 Å². The van der Waals surface area contributed by atoms with E-state index in [0.29, 0.717) is 23.5 Å². The summed E-state index contributed by atoms with van der Waals surface area (Å²) in [5, 5.41) is 2.51. The first-order valence-corrected chi connectivity index (χ1v) is 11.1. The topological polar surface area (TPSA) is 80.6 Å². The van der Waals surface area contributed by atoms with Crippen LogP contribution in [-0.4, -0.2) is 35.6 Å². The van der Waals surface area contributed by atoms with E-state index < -0.39 is 0 Å². The normalized spacial score (nSPS) is 16.8. The van der Waals surface area contributed by atoms with Crippen LogP contribution in [0.3, 0.4) is 0 Å². The molecule has 1 saturated heterocycles. The fourth-order valence-corrected chi connectivity index (χ4v) is 5.28. The van der Waals surface area contributed by atoms with Gasteiger partial charge in [-0.2, -0.15) is 0 Å². The van der Waals surface area contributed by atoms with Crippen LogP contribution in [0.25, 0.3) is 21.5 Å². The third kappa shape index (κ3) is 3.62. The Morgan fingerprint density at radius 2 is 2.19 bits per heavy atom. The molecule has 4 heterocycles. The summed E-state index contributed by atoms with van der Waals surface area (Å²) < 4.78 is 16.4. The minimum Gasteiger partial charge on any atom is -0.497 e. The SMILES string of the molecule is COc1ccc([C@H]2CCCN2Cc2nc3scc(-c4ccco4)c3c(=O)[nH]2)c(OC)c1. The zero-order chi connectivity index (χ0) is 21.4. The third-order valence-electron chi connectivity index (χ3n) is 5.80. The minimum atomic E-state index is -0.134. The highest BCUT2D eigenvalue weighted by molar-refractivity contribution is 7.17. The molecule has 5 rings (SSSR count). The monoisotopic (exact) mass is 437 g/mol. The first-order valence-electron chi connectivity index (χ1n) is 10.2. The van der Waals surface area contributed by atoms with Crippen molar-refractivity contribution in [2.24, 2.45) is 0 Å². The van der Waals surface area contributed by atoms with E-state index in [4.69, 9.17) is 18.9 Å². The van der Waals surface area contributed by atoms with Gasteiger partial charge in [0.2, 0.25) is 0 Å². The van der Waals surface area contributed by atoms with Crippen molar-refractivity contribution >= 4 is 21.6 Å². The predicted octanol–water partition coefficient (Wildman–Crippen LogP) is 4.60. The fourth-order valence-electron chi connectivity index (χ4n) is 4.34. The Morgan fingerprint density at radius 3 is 2.97 bits per heavy atom. The van der Waals surface area contributed by atoms with Crippen LogP contribution in [0.5, 0.6) is 11.5 Å². The maximum absolute atomic E-state index is 12.9. The van der Waals surface area contributed by atoms with Crippen molar-refractivity contribution in [1.29, 1.82) is 0 Å². The van der Waals surface area contributed by atoms with Crippen molar-refractivity contribution in [3.8, 4) is 22.8 Å². The van der Waals surface area contributed by atoms with E-state index in [-0.39, 0.29) is 11.6 Å². The number of methoxy groups -OCH3 is 2. The third-order valence-corrected chi connectivity index (χ3v) is 6.67. The summed E-state index contributed by atoms with van der Waals surface area (Å²) in [5.41, 5.74) is 1.78. The molecular formula is C23H23N3O4S. The van der Waals surface area contributed by atoms with E-state index >= 15 is 0 Å².